The second kappa shape index (κ2) is 6.92. The molecule has 1 aromatic rings. The number of anilines is 1. The van der Waals surface area contributed by atoms with E-state index in [0.29, 0.717) is 0 Å². The van der Waals surface area contributed by atoms with Crippen molar-refractivity contribution in [1.29, 1.82) is 0 Å². The predicted molar refractivity (Wildman–Crippen MR) is 80.5 cm³/mol. The average Bonchev–Trinajstić information content (AvgIpc) is 2.42. The van der Waals surface area contributed by atoms with Crippen molar-refractivity contribution in [3.05, 3.63) is 29.8 Å². The summed E-state index contributed by atoms with van der Waals surface area (Å²) in [5.74, 6) is 0. The quantitative estimate of drug-likeness (QED) is 0.883. The van der Waals surface area contributed by atoms with Gasteiger partial charge in [-0.05, 0) is 50.9 Å². The maximum absolute atomic E-state index is 9.69. The molecule has 0 aromatic heterocycles. The molecule has 1 atom stereocenters. The Balaban J connectivity index is 1.94. The highest BCUT2D eigenvalue weighted by molar-refractivity contribution is 5.47. The van der Waals surface area contributed by atoms with Crippen LogP contribution in [0, 0.1) is 0 Å². The lowest BCUT2D eigenvalue weighted by atomic mass is 10.1. The van der Waals surface area contributed by atoms with Gasteiger partial charge in [-0.15, -0.1) is 0 Å². The van der Waals surface area contributed by atoms with Crippen LogP contribution in [0.5, 0.6) is 0 Å². The van der Waals surface area contributed by atoms with E-state index in [9.17, 15) is 5.11 Å². The predicted octanol–water partition coefficient (Wildman–Crippen LogP) is 2.49. The number of aliphatic hydroxyl groups is 1. The summed E-state index contributed by atoms with van der Waals surface area (Å²) in [5, 5.41) is 9.69. The summed E-state index contributed by atoms with van der Waals surface area (Å²) in [6.07, 6.45) is 1.93. The van der Waals surface area contributed by atoms with Gasteiger partial charge in [0.15, 0.2) is 0 Å². The van der Waals surface area contributed by atoms with Crippen molar-refractivity contribution in [2.24, 2.45) is 0 Å². The van der Waals surface area contributed by atoms with Crippen LogP contribution in [-0.4, -0.2) is 42.3 Å². The Labute approximate surface area is 116 Å². The fraction of sp³-hybridized carbons (Fsp3) is 0.625. The van der Waals surface area contributed by atoms with Crippen LogP contribution in [0.25, 0.3) is 0 Å². The molecule has 19 heavy (non-hydrogen) atoms. The standard InChI is InChI=1S/C16H26N2O/c1-3-18(4-2)15-9-7-14(8-10-15)12-17-11-5-6-16(19)13-17/h7-10,16,19H,3-6,11-13H2,1-2H3. The third-order valence-electron chi connectivity index (χ3n) is 3.95. The molecule has 1 aromatic carbocycles. The fourth-order valence-electron chi connectivity index (χ4n) is 2.83. The summed E-state index contributed by atoms with van der Waals surface area (Å²) >= 11 is 0. The highest BCUT2D eigenvalue weighted by Crippen LogP contribution is 2.18. The smallest absolute Gasteiger partial charge is 0.0667 e. The van der Waals surface area contributed by atoms with Crippen LogP contribution in [0.2, 0.25) is 0 Å². The average molecular weight is 262 g/mol. The number of hydrogen-bond donors (Lipinski definition) is 1. The molecular formula is C16H26N2O. The van der Waals surface area contributed by atoms with Gasteiger partial charge in [-0.3, -0.25) is 4.90 Å². The second-order valence-corrected chi connectivity index (χ2v) is 5.37. The maximum Gasteiger partial charge on any atom is 0.0667 e. The lowest BCUT2D eigenvalue weighted by Gasteiger charge is -2.30. The number of hydrogen-bond acceptors (Lipinski definition) is 3. The third-order valence-corrected chi connectivity index (χ3v) is 3.95. The Bertz CT molecular complexity index is 373. The second-order valence-electron chi connectivity index (χ2n) is 5.37. The molecule has 1 aliphatic rings. The fourth-order valence-corrected chi connectivity index (χ4v) is 2.83. The van der Waals surface area contributed by atoms with E-state index >= 15 is 0 Å². The molecule has 1 heterocycles. The molecule has 3 nitrogen and oxygen atoms in total. The third kappa shape index (κ3) is 3.95. The Morgan fingerprint density at radius 2 is 1.89 bits per heavy atom. The van der Waals surface area contributed by atoms with E-state index in [-0.39, 0.29) is 6.10 Å². The van der Waals surface area contributed by atoms with E-state index < -0.39 is 0 Å². The summed E-state index contributed by atoms with van der Waals surface area (Å²) in [4.78, 5) is 4.70. The van der Waals surface area contributed by atoms with Crippen LogP contribution in [0.3, 0.4) is 0 Å². The van der Waals surface area contributed by atoms with E-state index in [1.165, 1.54) is 11.3 Å². The zero-order valence-corrected chi connectivity index (χ0v) is 12.2. The first-order valence-electron chi connectivity index (χ1n) is 7.47. The number of benzene rings is 1. The van der Waals surface area contributed by atoms with Crippen LogP contribution >= 0.6 is 0 Å². The number of nitrogens with zero attached hydrogens (tertiary/aromatic N) is 2. The van der Waals surface area contributed by atoms with E-state index in [2.05, 4.69) is 47.9 Å². The van der Waals surface area contributed by atoms with Gasteiger partial charge in [0.05, 0.1) is 6.10 Å². The first-order valence-corrected chi connectivity index (χ1v) is 7.47. The molecule has 1 unspecified atom stereocenters. The number of likely N-dealkylation sites (tertiary alicyclic amines) is 1. The minimum absolute atomic E-state index is 0.135. The van der Waals surface area contributed by atoms with Crippen molar-refractivity contribution in [3.8, 4) is 0 Å². The van der Waals surface area contributed by atoms with Crippen LogP contribution in [-0.2, 0) is 6.54 Å². The van der Waals surface area contributed by atoms with Gasteiger partial charge in [0, 0.05) is 31.9 Å². The molecule has 0 aliphatic carbocycles. The molecular weight excluding hydrogens is 236 g/mol. The van der Waals surface area contributed by atoms with Crippen molar-refractivity contribution in [3.63, 3.8) is 0 Å². The molecule has 0 saturated carbocycles. The molecule has 1 saturated heterocycles. The lowest BCUT2D eigenvalue weighted by Crippen LogP contribution is -2.37. The Hall–Kier alpha value is -1.06. The van der Waals surface area contributed by atoms with Gasteiger partial charge >= 0.3 is 0 Å². The van der Waals surface area contributed by atoms with E-state index in [4.69, 9.17) is 0 Å². The number of β-amino-alcohol motifs (C(OH)–C–C–N with tert-alkyl or cyclic N) is 1. The topological polar surface area (TPSA) is 26.7 Å². The van der Waals surface area contributed by atoms with Gasteiger partial charge in [0.2, 0.25) is 0 Å². The van der Waals surface area contributed by atoms with Crippen LogP contribution in [0.4, 0.5) is 5.69 Å². The SMILES string of the molecule is CCN(CC)c1ccc(CN2CCCC(O)C2)cc1. The van der Waals surface area contributed by atoms with Gasteiger partial charge in [-0.25, -0.2) is 0 Å². The molecule has 1 N–H and O–H groups in total. The van der Waals surface area contributed by atoms with Crippen molar-refractivity contribution < 1.29 is 5.11 Å². The highest BCUT2D eigenvalue weighted by atomic mass is 16.3. The molecule has 0 spiro atoms. The van der Waals surface area contributed by atoms with Gasteiger partial charge in [0.25, 0.3) is 0 Å². The van der Waals surface area contributed by atoms with Crippen molar-refractivity contribution in [2.75, 3.05) is 31.1 Å². The van der Waals surface area contributed by atoms with E-state index in [0.717, 1.165) is 45.6 Å². The monoisotopic (exact) mass is 262 g/mol. The first kappa shape index (κ1) is 14.4. The summed E-state index contributed by atoms with van der Waals surface area (Å²) in [6.45, 7) is 9.35. The van der Waals surface area contributed by atoms with Crippen molar-refractivity contribution >= 4 is 5.69 Å². The zero-order valence-electron chi connectivity index (χ0n) is 12.2. The summed E-state index contributed by atoms with van der Waals surface area (Å²) in [7, 11) is 0. The molecule has 0 amide bonds. The highest BCUT2D eigenvalue weighted by Gasteiger charge is 2.17. The molecule has 2 rings (SSSR count). The maximum atomic E-state index is 9.69. The summed E-state index contributed by atoms with van der Waals surface area (Å²) in [5.41, 5.74) is 2.64. The van der Waals surface area contributed by atoms with Gasteiger partial charge in [0.1, 0.15) is 0 Å². The lowest BCUT2D eigenvalue weighted by molar-refractivity contribution is 0.0668. The van der Waals surface area contributed by atoms with E-state index in [1.807, 2.05) is 0 Å². The molecule has 0 bridgehead atoms. The summed E-state index contributed by atoms with van der Waals surface area (Å²) < 4.78 is 0. The Morgan fingerprint density at radius 3 is 2.47 bits per heavy atom. The number of rotatable bonds is 5. The normalized spacial score (nSPS) is 20.5. The Morgan fingerprint density at radius 1 is 1.21 bits per heavy atom. The van der Waals surface area contributed by atoms with E-state index in [1.54, 1.807) is 0 Å². The minimum atomic E-state index is -0.135. The van der Waals surface area contributed by atoms with Gasteiger partial charge < -0.3 is 10.0 Å². The van der Waals surface area contributed by atoms with Crippen LogP contribution in [0.1, 0.15) is 32.3 Å². The van der Waals surface area contributed by atoms with Gasteiger partial charge in [-0.2, -0.15) is 0 Å². The van der Waals surface area contributed by atoms with Crippen molar-refractivity contribution in [2.45, 2.75) is 39.3 Å². The van der Waals surface area contributed by atoms with Crippen LogP contribution in [0.15, 0.2) is 24.3 Å². The number of aliphatic hydroxyl groups excluding tert-OH is 1. The molecule has 1 fully saturated rings. The van der Waals surface area contributed by atoms with Crippen LogP contribution < -0.4 is 4.90 Å². The molecule has 3 heteroatoms. The minimum Gasteiger partial charge on any atom is -0.392 e. The largest absolute Gasteiger partial charge is 0.392 e. The first-order chi connectivity index (χ1) is 9.22. The Kier molecular flexibility index (Phi) is 5.23. The van der Waals surface area contributed by atoms with Crippen molar-refractivity contribution in [1.82, 2.24) is 4.90 Å². The van der Waals surface area contributed by atoms with Gasteiger partial charge in [-0.1, -0.05) is 12.1 Å². The molecule has 0 radical (unpaired) electrons. The summed E-state index contributed by atoms with van der Waals surface area (Å²) in [6, 6.07) is 8.86. The number of piperidine rings is 1. The molecule has 106 valence electrons. The molecule has 1 aliphatic heterocycles. The zero-order chi connectivity index (χ0) is 13.7.